The van der Waals surface area contributed by atoms with Crippen molar-refractivity contribution in [1.82, 2.24) is 19.2 Å². The Labute approximate surface area is 195 Å². The number of anilines is 2. The average Bonchev–Trinajstić information content (AvgIpc) is 3.34. The van der Waals surface area contributed by atoms with Crippen LogP contribution in [0.1, 0.15) is 42.7 Å². The lowest BCUT2D eigenvalue weighted by atomic mass is 9.97. The third-order valence-corrected chi connectivity index (χ3v) is 7.64. The highest BCUT2D eigenvalue weighted by molar-refractivity contribution is 7.19. The first-order valence-corrected chi connectivity index (χ1v) is 12.4. The molecule has 3 aromatic heterocycles. The molecule has 1 aromatic carbocycles. The summed E-state index contributed by atoms with van der Waals surface area (Å²) < 4.78 is 2.69. The van der Waals surface area contributed by atoms with Crippen molar-refractivity contribution in [1.29, 1.82) is 0 Å². The first kappa shape index (κ1) is 21.6. The lowest BCUT2D eigenvalue weighted by molar-refractivity contribution is -0.117. The van der Waals surface area contributed by atoms with Crippen molar-refractivity contribution in [2.24, 2.45) is 0 Å². The number of carbonyl (C=O) groups excluding carboxylic acids is 1. The van der Waals surface area contributed by atoms with Crippen molar-refractivity contribution in [3.05, 3.63) is 51.0 Å². The fourth-order valence-corrected chi connectivity index (χ4v) is 5.90. The van der Waals surface area contributed by atoms with Gasteiger partial charge in [0.05, 0.1) is 5.39 Å². The topological polar surface area (TPSA) is 84.5 Å². The maximum atomic E-state index is 12.9. The molecule has 4 aromatic rings. The van der Waals surface area contributed by atoms with E-state index in [1.807, 2.05) is 19.1 Å². The number of hydrogen-bond donors (Lipinski definition) is 1. The van der Waals surface area contributed by atoms with E-state index in [0.29, 0.717) is 5.65 Å². The zero-order valence-corrected chi connectivity index (χ0v) is 20.0. The molecular weight excluding hydrogens is 436 g/mol. The number of carbonyl (C=O) groups is 1. The summed E-state index contributed by atoms with van der Waals surface area (Å²) in [5.74, 6) is -0.282. The molecule has 0 fully saturated rings. The van der Waals surface area contributed by atoms with Gasteiger partial charge >= 0.3 is 5.69 Å². The lowest BCUT2D eigenvalue weighted by Gasteiger charge is -2.22. The van der Waals surface area contributed by atoms with Crippen molar-refractivity contribution < 1.29 is 4.79 Å². The van der Waals surface area contributed by atoms with Gasteiger partial charge in [0.15, 0.2) is 5.65 Å². The molecule has 1 aliphatic rings. The van der Waals surface area contributed by atoms with Crippen LogP contribution in [0.25, 0.3) is 15.9 Å². The van der Waals surface area contributed by atoms with Crippen LogP contribution in [-0.4, -0.2) is 38.2 Å². The average molecular weight is 465 g/mol. The van der Waals surface area contributed by atoms with Crippen molar-refractivity contribution in [2.75, 3.05) is 23.3 Å². The van der Waals surface area contributed by atoms with Crippen LogP contribution < -0.4 is 15.9 Å². The zero-order chi connectivity index (χ0) is 23.1. The van der Waals surface area contributed by atoms with E-state index in [0.717, 1.165) is 59.5 Å². The van der Waals surface area contributed by atoms with Gasteiger partial charge in [-0.05, 0) is 75.8 Å². The molecule has 0 unspecified atom stereocenters. The molecule has 3 heterocycles. The van der Waals surface area contributed by atoms with Crippen LogP contribution in [-0.2, 0) is 24.2 Å². The summed E-state index contributed by atoms with van der Waals surface area (Å²) in [6.07, 6.45) is 5.90. The molecule has 1 amide bonds. The van der Waals surface area contributed by atoms with Crippen LogP contribution >= 0.6 is 11.3 Å². The standard InChI is InChI=1S/C24H28N6O2S/c1-4-28(5-2)16-10-11-18(15(3)12-16)26-20(31)13-30-24(32)29-14-25-23-21(22(29)27-30)17-8-6-7-9-19(17)33-23/h10-12,14H,4-9,13H2,1-3H3,(H,26,31). The van der Waals surface area contributed by atoms with Gasteiger partial charge in [0, 0.05) is 29.3 Å². The summed E-state index contributed by atoms with van der Waals surface area (Å²) in [6.45, 7) is 7.92. The molecule has 0 bridgehead atoms. The molecular formula is C24H28N6O2S. The number of hydrogen-bond acceptors (Lipinski definition) is 6. The molecule has 0 aliphatic heterocycles. The second kappa shape index (κ2) is 8.62. The van der Waals surface area contributed by atoms with Crippen LogP contribution in [0.15, 0.2) is 29.3 Å². The summed E-state index contributed by atoms with van der Waals surface area (Å²) in [7, 11) is 0. The molecule has 1 aliphatic carbocycles. The number of benzene rings is 1. The van der Waals surface area contributed by atoms with E-state index in [4.69, 9.17) is 0 Å². The summed E-state index contributed by atoms with van der Waals surface area (Å²) in [5.41, 5.74) is 4.36. The highest BCUT2D eigenvalue weighted by Gasteiger charge is 2.22. The van der Waals surface area contributed by atoms with Gasteiger partial charge in [-0.15, -0.1) is 16.4 Å². The molecule has 172 valence electrons. The lowest BCUT2D eigenvalue weighted by Crippen LogP contribution is -2.28. The van der Waals surface area contributed by atoms with Gasteiger partial charge in [-0.1, -0.05) is 0 Å². The van der Waals surface area contributed by atoms with E-state index < -0.39 is 0 Å². The SMILES string of the molecule is CCN(CC)c1ccc(NC(=O)Cn2nc3c4c5c(sc4ncn3c2=O)CCCC5)c(C)c1. The Balaban J connectivity index is 1.42. The number of fused-ring (bicyclic) bond motifs is 5. The molecule has 5 rings (SSSR count). The van der Waals surface area contributed by atoms with Gasteiger partial charge in [-0.2, -0.15) is 0 Å². The predicted molar refractivity (Wildman–Crippen MR) is 133 cm³/mol. The van der Waals surface area contributed by atoms with E-state index >= 15 is 0 Å². The minimum absolute atomic E-state index is 0.147. The third kappa shape index (κ3) is 3.80. The molecule has 0 saturated carbocycles. The number of nitrogens with zero attached hydrogens (tertiary/aromatic N) is 5. The van der Waals surface area contributed by atoms with Gasteiger partial charge in [0.2, 0.25) is 5.91 Å². The molecule has 0 saturated heterocycles. The number of amides is 1. The number of thiophene rings is 1. The molecule has 0 atom stereocenters. The first-order chi connectivity index (χ1) is 16.0. The van der Waals surface area contributed by atoms with Gasteiger partial charge in [-0.25, -0.2) is 18.9 Å². The smallest absolute Gasteiger partial charge is 0.352 e. The van der Waals surface area contributed by atoms with E-state index in [1.54, 1.807) is 11.3 Å². The molecule has 1 N–H and O–H groups in total. The largest absolute Gasteiger partial charge is 0.372 e. The van der Waals surface area contributed by atoms with Crippen molar-refractivity contribution in [3.63, 3.8) is 0 Å². The molecule has 33 heavy (non-hydrogen) atoms. The quantitative estimate of drug-likeness (QED) is 0.469. The van der Waals surface area contributed by atoms with Crippen LogP contribution in [0.2, 0.25) is 0 Å². The molecule has 0 spiro atoms. The number of aromatic nitrogens is 4. The monoisotopic (exact) mass is 464 g/mol. The summed E-state index contributed by atoms with van der Waals surface area (Å²) in [6, 6.07) is 6.00. The van der Waals surface area contributed by atoms with Crippen molar-refractivity contribution >= 4 is 44.5 Å². The number of aryl methyl sites for hydroxylation is 3. The van der Waals surface area contributed by atoms with E-state index in [1.165, 1.54) is 32.3 Å². The Hall–Kier alpha value is -3.20. The Morgan fingerprint density at radius 2 is 2.00 bits per heavy atom. The van der Waals surface area contributed by atoms with E-state index in [9.17, 15) is 9.59 Å². The Morgan fingerprint density at radius 3 is 2.76 bits per heavy atom. The Bertz CT molecular complexity index is 1410. The molecule has 0 radical (unpaired) electrons. The van der Waals surface area contributed by atoms with Crippen molar-refractivity contribution in [2.45, 2.75) is 53.0 Å². The predicted octanol–water partition coefficient (Wildman–Crippen LogP) is 3.78. The second-order valence-corrected chi connectivity index (χ2v) is 9.57. The van der Waals surface area contributed by atoms with Crippen LogP contribution in [0.4, 0.5) is 11.4 Å². The minimum Gasteiger partial charge on any atom is -0.372 e. The van der Waals surface area contributed by atoms with Gasteiger partial charge < -0.3 is 10.2 Å². The van der Waals surface area contributed by atoms with Crippen LogP contribution in [0.5, 0.6) is 0 Å². The van der Waals surface area contributed by atoms with E-state index in [2.05, 4.69) is 40.2 Å². The van der Waals surface area contributed by atoms with Gasteiger partial charge in [-0.3, -0.25) is 4.79 Å². The Morgan fingerprint density at radius 1 is 1.21 bits per heavy atom. The highest BCUT2D eigenvalue weighted by atomic mass is 32.1. The van der Waals surface area contributed by atoms with Crippen LogP contribution in [0, 0.1) is 6.92 Å². The fourth-order valence-electron chi connectivity index (χ4n) is 4.68. The maximum Gasteiger partial charge on any atom is 0.352 e. The van der Waals surface area contributed by atoms with Crippen molar-refractivity contribution in [3.8, 4) is 0 Å². The Kier molecular flexibility index (Phi) is 5.65. The van der Waals surface area contributed by atoms with Gasteiger partial charge in [0.1, 0.15) is 17.7 Å². The van der Waals surface area contributed by atoms with Crippen LogP contribution in [0.3, 0.4) is 0 Å². The molecule has 8 nitrogen and oxygen atoms in total. The highest BCUT2D eigenvalue weighted by Crippen LogP contribution is 2.36. The fraction of sp³-hybridized carbons (Fsp3) is 0.417. The number of nitrogens with one attached hydrogen (secondary N) is 1. The first-order valence-electron chi connectivity index (χ1n) is 11.5. The van der Waals surface area contributed by atoms with E-state index in [-0.39, 0.29) is 18.1 Å². The summed E-state index contributed by atoms with van der Waals surface area (Å²) in [5, 5.41) is 8.45. The normalized spacial score (nSPS) is 13.4. The summed E-state index contributed by atoms with van der Waals surface area (Å²) in [4.78, 5) is 34.8. The zero-order valence-electron chi connectivity index (χ0n) is 19.2. The summed E-state index contributed by atoms with van der Waals surface area (Å²) >= 11 is 1.69. The maximum absolute atomic E-state index is 12.9. The van der Waals surface area contributed by atoms with Gasteiger partial charge in [0.25, 0.3) is 0 Å². The second-order valence-electron chi connectivity index (χ2n) is 8.49. The molecule has 9 heteroatoms. The number of rotatable bonds is 6. The minimum atomic E-state index is -0.348. The third-order valence-electron chi connectivity index (χ3n) is 6.44.